The maximum atomic E-state index is 13.3. The molecule has 0 aliphatic carbocycles. The summed E-state index contributed by atoms with van der Waals surface area (Å²) in [7, 11) is 1.87. The van der Waals surface area contributed by atoms with Crippen LogP contribution >= 0.6 is 0 Å². The van der Waals surface area contributed by atoms with Gasteiger partial charge in [-0.05, 0) is 79.7 Å². The Hall–Kier alpha value is -2.53. The molecule has 0 spiro atoms. The number of piperidine rings is 1. The summed E-state index contributed by atoms with van der Waals surface area (Å²) in [6, 6.07) is 10.6. The van der Waals surface area contributed by atoms with Crippen LogP contribution in [0.15, 0.2) is 54.9 Å². The normalized spacial score (nSPS) is 15.8. The number of amides is 1. The van der Waals surface area contributed by atoms with Crippen LogP contribution in [0.3, 0.4) is 0 Å². The van der Waals surface area contributed by atoms with E-state index >= 15 is 0 Å². The van der Waals surface area contributed by atoms with Crippen molar-refractivity contribution >= 4 is 12.0 Å². The SMILES string of the molecule is CN(CC1CCN(CCc2cccc(F)c2)CC1)C(=O)C=Cc1ccncc1. The van der Waals surface area contributed by atoms with Crippen molar-refractivity contribution in [3.8, 4) is 0 Å². The molecule has 1 fully saturated rings. The number of pyridine rings is 1. The molecule has 1 amide bonds. The number of rotatable bonds is 7. The van der Waals surface area contributed by atoms with E-state index in [-0.39, 0.29) is 11.7 Å². The molecule has 2 heterocycles. The zero-order valence-corrected chi connectivity index (χ0v) is 16.4. The van der Waals surface area contributed by atoms with Gasteiger partial charge in [0.2, 0.25) is 5.91 Å². The molecule has 0 saturated carbocycles. The van der Waals surface area contributed by atoms with Gasteiger partial charge in [0.1, 0.15) is 5.82 Å². The molecule has 0 N–H and O–H groups in total. The fraction of sp³-hybridized carbons (Fsp3) is 0.391. The number of halogens is 1. The summed E-state index contributed by atoms with van der Waals surface area (Å²) in [4.78, 5) is 20.5. The molecule has 28 heavy (non-hydrogen) atoms. The van der Waals surface area contributed by atoms with Crippen LogP contribution in [0.4, 0.5) is 4.39 Å². The number of likely N-dealkylation sites (N-methyl/N-ethyl adjacent to an activating group) is 1. The maximum absolute atomic E-state index is 13.3. The molecule has 0 bridgehead atoms. The number of hydrogen-bond donors (Lipinski definition) is 0. The molecule has 4 nitrogen and oxygen atoms in total. The molecule has 148 valence electrons. The van der Waals surface area contributed by atoms with Gasteiger partial charge >= 0.3 is 0 Å². The number of carbonyl (C=O) groups excluding carboxylic acids is 1. The Balaban J connectivity index is 1.38. The molecular formula is C23H28FN3O. The zero-order chi connectivity index (χ0) is 19.8. The molecule has 1 saturated heterocycles. The van der Waals surface area contributed by atoms with E-state index in [0.29, 0.717) is 5.92 Å². The Labute approximate surface area is 166 Å². The Morgan fingerprint density at radius 3 is 2.71 bits per heavy atom. The van der Waals surface area contributed by atoms with Gasteiger partial charge in [-0.1, -0.05) is 12.1 Å². The highest BCUT2D eigenvalue weighted by molar-refractivity contribution is 5.91. The molecule has 3 rings (SSSR count). The van der Waals surface area contributed by atoms with E-state index in [1.54, 1.807) is 30.6 Å². The standard InChI is InChI=1S/C23H28FN3O/c1-26(23(28)6-5-19-7-12-25-13-8-19)18-21-10-15-27(16-11-21)14-9-20-3-2-4-22(24)17-20/h2-8,12-13,17,21H,9-11,14-16,18H2,1H3. The van der Waals surface area contributed by atoms with Crippen LogP contribution in [0.2, 0.25) is 0 Å². The molecule has 0 atom stereocenters. The van der Waals surface area contributed by atoms with Gasteiger partial charge in [0.15, 0.2) is 0 Å². The van der Waals surface area contributed by atoms with Crippen molar-refractivity contribution in [3.63, 3.8) is 0 Å². The highest BCUT2D eigenvalue weighted by Gasteiger charge is 2.21. The molecule has 1 aromatic heterocycles. The van der Waals surface area contributed by atoms with Crippen molar-refractivity contribution in [2.24, 2.45) is 5.92 Å². The van der Waals surface area contributed by atoms with E-state index < -0.39 is 0 Å². The van der Waals surface area contributed by atoms with Gasteiger partial charge < -0.3 is 9.80 Å². The first-order valence-electron chi connectivity index (χ1n) is 9.90. The largest absolute Gasteiger partial charge is 0.342 e. The minimum Gasteiger partial charge on any atom is -0.342 e. The molecular weight excluding hydrogens is 353 g/mol. The van der Waals surface area contributed by atoms with Crippen molar-refractivity contribution in [2.75, 3.05) is 33.2 Å². The number of benzene rings is 1. The fourth-order valence-corrected chi connectivity index (χ4v) is 3.62. The van der Waals surface area contributed by atoms with Crippen molar-refractivity contribution in [3.05, 3.63) is 71.8 Å². The summed E-state index contributed by atoms with van der Waals surface area (Å²) >= 11 is 0. The van der Waals surface area contributed by atoms with Crippen LogP contribution in [-0.4, -0.2) is 53.9 Å². The van der Waals surface area contributed by atoms with Crippen molar-refractivity contribution < 1.29 is 9.18 Å². The van der Waals surface area contributed by atoms with Crippen LogP contribution < -0.4 is 0 Å². The number of aromatic nitrogens is 1. The molecule has 1 aromatic carbocycles. The second-order valence-corrected chi connectivity index (χ2v) is 7.50. The lowest BCUT2D eigenvalue weighted by molar-refractivity contribution is -0.125. The van der Waals surface area contributed by atoms with E-state index in [9.17, 15) is 9.18 Å². The zero-order valence-electron chi connectivity index (χ0n) is 16.4. The minimum atomic E-state index is -0.165. The third kappa shape index (κ3) is 6.27. The van der Waals surface area contributed by atoms with E-state index in [2.05, 4.69) is 9.88 Å². The predicted molar refractivity (Wildman–Crippen MR) is 110 cm³/mol. The van der Waals surface area contributed by atoms with Gasteiger partial charge in [-0.15, -0.1) is 0 Å². The average molecular weight is 381 g/mol. The van der Waals surface area contributed by atoms with E-state index in [0.717, 1.165) is 56.6 Å². The Morgan fingerprint density at radius 2 is 2.00 bits per heavy atom. The number of nitrogens with zero attached hydrogens (tertiary/aromatic N) is 3. The van der Waals surface area contributed by atoms with Crippen LogP contribution in [-0.2, 0) is 11.2 Å². The first-order chi connectivity index (χ1) is 13.6. The second-order valence-electron chi connectivity index (χ2n) is 7.50. The monoisotopic (exact) mass is 381 g/mol. The van der Waals surface area contributed by atoms with Crippen LogP contribution in [0.5, 0.6) is 0 Å². The lowest BCUT2D eigenvalue weighted by atomic mass is 9.96. The molecule has 5 heteroatoms. The lowest BCUT2D eigenvalue weighted by Gasteiger charge is -2.33. The predicted octanol–water partition coefficient (Wildman–Crippen LogP) is 3.65. The number of hydrogen-bond acceptors (Lipinski definition) is 3. The lowest BCUT2D eigenvalue weighted by Crippen LogP contribution is -2.39. The van der Waals surface area contributed by atoms with Crippen LogP contribution in [0.25, 0.3) is 6.08 Å². The smallest absolute Gasteiger partial charge is 0.246 e. The van der Waals surface area contributed by atoms with Crippen LogP contribution in [0.1, 0.15) is 24.0 Å². The van der Waals surface area contributed by atoms with Gasteiger partial charge in [-0.3, -0.25) is 9.78 Å². The Bertz CT molecular complexity index is 785. The third-order valence-electron chi connectivity index (χ3n) is 5.35. The van der Waals surface area contributed by atoms with E-state index in [1.807, 2.05) is 36.2 Å². The minimum absolute atomic E-state index is 0.0327. The number of carbonyl (C=O) groups is 1. The van der Waals surface area contributed by atoms with Crippen molar-refractivity contribution in [1.29, 1.82) is 0 Å². The topological polar surface area (TPSA) is 36.4 Å². The molecule has 1 aliphatic heterocycles. The molecule has 2 aromatic rings. The highest BCUT2D eigenvalue weighted by atomic mass is 19.1. The Morgan fingerprint density at radius 1 is 1.25 bits per heavy atom. The van der Waals surface area contributed by atoms with Gasteiger partial charge in [0, 0.05) is 38.6 Å². The number of likely N-dealkylation sites (tertiary alicyclic amines) is 1. The second kappa shape index (κ2) is 10.1. The van der Waals surface area contributed by atoms with Gasteiger partial charge in [0.25, 0.3) is 0 Å². The highest BCUT2D eigenvalue weighted by Crippen LogP contribution is 2.19. The van der Waals surface area contributed by atoms with Crippen LogP contribution in [0, 0.1) is 11.7 Å². The third-order valence-corrected chi connectivity index (χ3v) is 5.35. The van der Waals surface area contributed by atoms with Gasteiger partial charge in [-0.25, -0.2) is 4.39 Å². The quantitative estimate of drug-likeness (QED) is 0.687. The Kier molecular flexibility index (Phi) is 7.31. The molecule has 0 radical (unpaired) electrons. The average Bonchev–Trinajstić information content (AvgIpc) is 2.72. The van der Waals surface area contributed by atoms with E-state index in [1.165, 1.54) is 6.07 Å². The first-order valence-corrected chi connectivity index (χ1v) is 9.90. The summed E-state index contributed by atoms with van der Waals surface area (Å²) in [5.41, 5.74) is 2.02. The first kappa shape index (κ1) is 20.2. The maximum Gasteiger partial charge on any atom is 0.246 e. The molecule has 1 aliphatic rings. The summed E-state index contributed by atoms with van der Waals surface area (Å²) < 4.78 is 13.3. The van der Waals surface area contributed by atoms with Gasteiger partial charge in [0.05, 0.1) is 0 Å². The summed E-state index contributed by atoms with van der Waals surface area (Å²) in [6.07, 6.45) is 9.95. The van der Waals surface area contributed by atoms with E-state index in [4.69, 9.17) is 0 Å². The fourth-order valence-electron chi connectivity index (χ4n) is 3.62. The summed E-state index contributed by atoms with van der Waals surface area (Å²) in [5.74, 6) is 0.404. The molecule has 0 unspecified atom stereocenters. The van der Waals surface area contributed by atoms with Crippen molar-refractivity contribution in [2.45, 2.75) is 19.3 Å². The summed E-state index contributed by atoms with van der Waals surface area (Å²) in [5, 5.41) is 0. The van der Waals surface area contributed by atoms with Crippen molar-refractivity contribution in [1.82, 2.24) is 14.8 Å². The van der Waals surface area contributed by atoms with Gasteiger partial charge in [-0.2, -0.15) is 0 Å². The summed E-state index contributed by atoms with van der Waals surface area (Å²) in [6.45, 7) is 3.82.